The third kappa shape index (κ3) is 4.17. The topological polar surface area (TPSA) is 18.5 Å². The molecular weight excluding hydrogens is 372 g/mol. The lowest BCUT2D eigenvalue weighted by molar-refractivity contribution is -0.134. The number of fused-ring (bicyclic) bond motifs is 1. The first kappa shape index (κ1) is 15.3. The van der Waals surface area contributed by atoms with Gasteiger partial charge in [0.2, 0.25) is 0 Å². The van der Waals surface area contributed by atoms with E-state index < -0.39 is 0 Å². The fourth-order valence-corrected chi connectivity index (χ4v) is 3.29. The summed E-state index contributed by atoms with van der Waals surface area (Å²) in [7, 11) is 0. The minimum absolute atomic E-state index is 0.0569. The van der Waals surface area contributed by atoms with E-state index in [0.717, 1.165) is 19.3 Å². The Morgan fingerprint density at radius 1 is 1.21 bits per heavy atom. The third-order valence-corrected chi connectivity index (χ3v) is 4.55. The van der Waals surface area contributed by atoms with Crippen LogP contribution < -0.4 is 0 Å². The van der Waals surface area contributed by atoms with Crippen LogP contribution in [0, 0.1) is 0 Å². The quantitative estimate of drug-likeness (QED) is 0.399. The van der Waals surface area contributed by atoms with Gasteiger partial charge >= 0.3 is 0 Å². The van der Waals surface area contributed by atoms with E-state index in [0.29, 0.717) is 0 Å². The van der Waals surface area contributed by atoms with E-state index in [9.17, 15) is 0 Å². The van der Waals surface area contributed by atoms with Gasteiger partial charge in [-0.15, -0.1) is 12.3 Å². The maximum absolute atomic E-state index is 6.16. The minimum Gasteiger partial charge on any atom is -0.367 e. The Labute approximate surface area is 131 Å². The Hall–Kier alpha value is -0.120. The Bertz CT molecular complexity index is 399. The van der Waals surface area contributed by atoms with Gasteiger partial charge in [0.15, 0.2) is 0 Å². The summed E-state index contributed by atoms with van der Waals surface area (Å²) < 4.78 is 12.2. The zero-order chi connectivity index (χ0) is 13.7. The second kappa shape index (κ2) is 7.61. The Morgan fingerprint density at radius 2 is 2.00 bits per heavy atom. The van der Waals surface area contributed by atoms with Crippen LogP contribution in [0.5, 0.6) is 0 Å². The van der Waals surface area contributed by atoms with Crippen molar-refractivity contribution in [2.45, 2.75) is 48.5 Å². The molecule has 2 heterocycles. The first-order valence-electron chi connectivity index (χ1n) is 6.48. The van der Waals surface area contributed by atoms with Crippen molar-refractivity contribution in [3.63, 3.8) is 0 Å². The van der Waals surface area contributed by atoms with Crippen LogP contribution in [0.2, 0.25) is 0 Å². The first-order chi connectivity index (χ1) is 9.24. The normalized spacial score (nSPS) is 40.0. The molecule has 2 aliphatic heterocycles. The molecule has 0 aliphatic carbocycles. The van der Waals surface area contributed by atoms with Crippen LogP contribution >= 0.6 is 31.9 Å². The van der Waals surface area contributed by atoms with Gasteiger partial charge in [0.25, 0.3) is 0 Å². The zero-order valence-electron chi connectivity index (χ0n) is 10.7. The summed E-state index contributed by atoms with van der Waals surface area (Å²) >= 11 is 6.88. The van der Waals surface area contributed by atoms with Gasteiger partial charge in [-0.2, -0.15) is 0 Å². The van der Waals surface area contributed by atoms with E-state index in [1.165, 1.54) is 0 Å². The highest BCUT2D eigenvalue weighted by molar-refractivity contribution is 9.11. The highest BCUT2D eigenvalue weighted by atomic mass is 79.9. The van der Waals surface area contributed by atoms with Crippen LogP contribution in [-0.4, -0.2) is 29.2 Å². The fourth-order valence-electron chi connectivity index (χ4n) is 2.43. The summed E-state index contributed by atoms with van der Waals surface area (Å²) in [5, 5.41) is 0. The molecule has 0 saturated carbocycles. The molecule has 2 nitrogen and oxygen atoms in total. The van der Waals surface area contributed by atoms with Gasteiger partial charge in [-0.05, 0) is 25.3 Å². The standard InChI is InChI=1S/C15H18Br2O2/c1-2-13-12(17)10-15-14(19-13)8-4-3-6-11(18-15)7-5-9-16/h2-4,7,9,11-15H,1,6,8,10H2/b4-3-/t5?,11-,12+,13-,14+,15+/m1/s1. The molecule has 19 heavy (non-hydrogen) atoms. The molecule has 0 spiro atoms. The lowest BCUT2D eigenvalue weighted by atomic mass is 9.96. The minimum atomic E-state index is 0.0569. The Morgan fingerprint density at radius 3 is 2.74 bits per heavy atom. The Kier molecular flexibility index (Phi) is 6.11. The van der Waals surface area contributed by atoms with Crippen molar-refractivity contribution in [3.05, 3.63) is 41.6 Å². The highest BCUT2D eigenvalue weighted by Gasteiger charge is 2.37. The number of hydrogen-bond acceptors (Lipinski definition) is 2. The zero-order valence-corrected chi connectivity index (χ0v) is 13.8. The van der Waals surface area contributed by atoms with Gasteiger partial charge in [-0.3, -0.25) is 0 Å². The smallest absolute Gasteiger partial charge is 0.0884 e. The highest BCUT2D eigenvalue weighted by Crippen LogP contribution is 2.32. The molecule has 0 radical (unpaired) electrons. The molecule has 2 rings (SSSR count). The SMILES string of the molecule is C=C[C@H]1O[C@H]2C/C=C\C[C@H](C=C=CBr)O[C@H]2C[C@@H]1Br. The maximum Gasteiger partial charge on any atom is 0.0884 e. The van der Waals surface area contributed by atoms with Crippen molar-refractivity contribution in [1.29, 1.82) is 0 Å². The second-order valence-corrected chi connectivity index (χ2v) is 6.36. The van der Waals surface area contributed by atoms with E-state index in [1.807, 2.05) is 12.2 Å². The molecule has 0 aromatic carbocycles. The van der Waals surface area contributed by atoms with E-state index in [1.54, 1.807) is 4.99 Å². The average Bonchev–Trinajstić information content (AvgIpc) is 2.39. The summed E-state index contributed by atoms with van der Waals surface area (Å²) in [5.41, 5.74) is 3.03. The molecule has 0 N–H and O–H groups in total. The molecule has 0 aromatic rings. The number of ether oxygens (including phenoxy) is 2. The summed E-state index contributed by atoms with van der Waals surface area (Å²) in [5.74, 6) is 0. The van der Waals surface area contributed by atoms with Crippen LogP contribution in [0.1, 0.15) is 19.3 Å². The predicted molar refractivity (Wildman–Crippen MR) is 84.8 cm³/mol. The Balaban J connectivity index is 2.10. The largest absolute Gasteiger partial charge is 0.367 e. The monoisotopic (exact) mass is 388 g/mol. The molecule has 1 fully saturated rings. The molecular formula is C15H18Br2O2. The van der Waals surface area contributed by atoms with Gasteiger partial charge in [0, 0.05) is 9.81 Å². The summed E-state index contributed by atoms with van der Waals surface area (Å²) in [6.45, 7) is 3.83. The number of alkyl halides is 1. The third-order valence-electron chi connectivity index (χ3n) is 3.39. The average molecular weight is 390 g/mol. The molecule has 0 unspecified atom stereocenters. The van der Waals surface area contributed by atoms with Crippen molar-refractivity contribution >= 4 is 31.9 Å². The molecule has 2 aliphatic rings. The number of rotatable bonds is 2. The molecule has 0 aromatic heterocycles. The van der Waals surface area contributed by atoms with Crippen LogP contribution in [0.25, 0.3) is 0 Å². The van der Waals surface area contributed by atoms with Gasteiger partial charge in [0.05, 0.1) is 24.4 Å². The van der Waals surface area contributed by atoms with Crippen molar-refractivity contribution in [3.8, 4) is 0 Å². The molecule has 0 bridgehead atoms. The number of hydrogen-bond donors (Lipinski definition) is 0. The fraction of sp³-hybridized carbons (Fsp3) is 0.533. The van der Waals surface area contributed by atoms with Crippen LogP contribution in [0.3, 0.4) is 0 Å². The molecule has 5 atom stereocenters. The van der Waals surface area contributed by atoms with Crippen LogP contribution in [0.15, 0.2) is 41.6 Å². The van der Waals surface area contributed by atoms with Gasteiger partial charge < -0.3 is 9.47 Å². The molecule has 4 heteroatoms. The molecule has 0 amide bonds. The molecule has 104 valence electrons. The van der Waals surface area contributed by atoms with Crippen molar-refractivity contribution in [2.75, 3.05) is 0 Å². The van der Waals surface area contributed by atoms with E-state index >= 15 is 0 Å². The first-order valence-corrected chi connectivity index (χ1v) is 8.31. The maximum atomic E-state index is 6.16. The van der Waals surface area contributed by atoms with E-state index in [2.05, 4.69) is 56.3 Å². The van der Waals surface area contributed by atoms with E-state index in [4.69, 9.17) is 9.47 Å². The van der Waals surface area contributed by atoms with Gasteiger partial charge in [0.1, 0.15) is 0 Å². The summed E-state index contributed by atoms with van der Waals surface area (Å²) in [6, 6.07) is 0. The van der Waals surface area contributed by atoms with Crippen molar-refractivity contribution < 1.29 is 9.47 Å². The van der Waals surface area contributed by atoms with Crippen LogP contribution in [0.4, 0.5) is 0 Å². The lowest BCUT2D eigenvalue weighted by Crippen LogP contribution is -2.46. The number of halogens is 2. The summed E-state index contributed by atoms with van der Waals surface area (Å²) in [6.07, 6.45) is 11.2. The lowest BCUT2D eigenvalue weighted by Gasteiger charge is -2.39. The summed E-state index contributed by atoms with van der Waals surface area (Å²) in [4.78, 5) is 1.99. The second-order valence-electron chi connectivity index (χ2n) is 4.72. The van der Waals surface area contributed by atoms with E-state index in [-0.39, 0.29) is 29.2 Å². The van der Waals surface area contributed by atoms with Gasteiger partial charge in [-0.25, -0.2) is 0 Å². The molecule has 1 saturated heterocycles. The predicted octanol–water partition coefficient (Wildman–Crippen LogP) is 4.26. The van der Waals surface area contributed by atoms with Crippen molar-refractivity contribution in [2.24, 2.45) is 0 Å². The van der Waals surface area contributed by atoms with Crippen molar-refractivity contribution in [1.82, 2.24) is 0 Å². The van der Waals surface area contributed by atoms with Crippen LogP contribution in [-0.2, 0) is 9.47 Å². The van der Waals surface area contributed by atoms with Gasteiger partial charge in [-0.1, -0.05) is 50.1 Å².